The monoisotopic (exact) mass is 490 g/mol. The zero-order valence-corrected chi connectivity index (χ0v) is 19.7. The molecule has 0 amide bonds. The summed E-state index contributed by atoms with van der Waals surface area (Å²) in [6, 6.07) is 11.9. The molecule has 1 aliphatic heterocycles. The third-order valence-corrected chi connectivity index (χ3v) is 5.79. The summed E-state index contributed by atoms with van der Waals surface area (Å²) in [6.07, 6.45) is 4.47. The van der Waals surface area contributed by atoms with Crippen LogP contribution in [0.3, 0.4) is 0 Å². The number of benzene rings is 1. The first kappa shape index (κ1) is 23.6. The van der Waals surface area contributed by atoms with E-state index >= 15 is 0 Å². The van der Waals surface area contributed by atoms with Crippen molar-refractivity contribution in [2.24, 2.45) is 4.99 Å². The summed E-state index contributed by atoms with van der Waals surface area (Å²) >= 11 is 1.86. The van der Waals surface area contributed by atoms with Gasteiger partial charge in [-0.1, -0.05) is 37.3 Å². The van der Waals surface area contributed by atoms with Gasteiger partial charge in [-0.25, -0.2) is 0 Å². The van der Waals surface area contributed by atoms with E-state index in [0.717, 1.165) is 38.6 Å². The predicted molar refractivity (Wildman–Crippen MR) is 127 cm³/mol. The molecule has 148 valence electrons. The molecule has 4 nitrogen and oxygen atoms in total. The van der Waals surface area contributed by atoms with Gasteiger partial charge in [0.05, 0.1) is 6.54 Å². The summed E-state index contributed by atoms with van der Waals surface area (Å²) < 4.78 is 0. The third kappa shape index (κ3) is 8.05. The van der Waals surface area contributed by atoms with Crippen LogP contribution in [0.1, 0.15) is 39.2 Å². The SMILES string of the molecule is CCNC(=NCC(C)SC)NC1CCN(Cc2ccccc2)C(C)C1.I. The smallest absolute Gasteiger partial charge is 0.191 e. The van der Waals surface area contributed by atoms with Crippen molar-refractivity contribution in [3.05, 3.63) is 35.9 Å². The molecular weight excluding hydrogens is 455 g/mol. The number of halogens is 1. The average molecular weight is 490 g/mol. The normalized spacial score (nSPS) is 22.4. The molecule has 1 saturated heterocycles. The summed E-state index contributed by atoms with van der Waals surface area (Å²) in [5.41, 5.74) is 1.40. The Morgan fingerprint density at radius 1 is 1.35 bits per heavy atom. The van der Waals surface area contributed by atoms with Gasteiger partial charge in [-0.2, -0.15) is 11.8 Å². The fourth-order valence-corrected chi connectivity index (χ4v) is 3.44. The maximum atomic E-state index is 4.75. The van der Waals surface area contributed by atoms with Crippen LogP contribution in [-0.4, -0.2) is 54.1 Å². The summed E-state index contributed by atoms with van der Waals surface area (Å²) in [4.78, 5) is 7.34. The highest BCUT2D eigenvalue weighted by Gasteiger charge is 2.25. The van der Waals surface area contributed by atoms with Crippen LogP contribution in [0.4, 0.5) is 0 Å². The highest BCUT2D eigenvalue weighted by atomic mass is 127. The Kier molecular flexibility index (Phi) is 11.6. The van der Waals surface area contributed by atoms with Crippen molar-refractivity contribution >= 4 is 41.7 Å². The number of guanidine groups is 1. The molecule has 6 heteroatoms. The lowest BCUT2D eigenvalue weighted by Crippen LogP contribution is -2.51. The predicted octanol–water partition coefficient (Wildman–Crippen LogP) is 3.96. The Hall–Kier alpha value is -0.470. The fourth-order valence-electron chi connectivity index (χ4n) is 3.21. The topological polar surface area (TPSA) is 39.7 Å². The van der Waals surface area contributed by atoms with Crippen molar-refractivity contribution in [1.29, 1.82) is 0 Å². The molecule has 0 spiro atoms. The maximum Gasteiger partial charge on any atom is 0.191 e. The van der Waals surface area contributed by atoms with E-state index in [-0.39, 0.29) is 24.0 Å². The van der Waals surface area contributed by atoms with Gasteiger partial charge in [0, 0.05) is 37.0 Å². The van der Waals surface area contributed by atoms with Crippen molar-refractivity contribution in [2.75, 3.05) is 25.9 Å². The number of nitrogens with one attached hydrogen (secondary N) is 2. The minimum atomic E-state index is 0. The molecule has 1 aliphatic rings. The van der Waals surface area contributed by atoms with Gasteiger partial charge in [-0.05, 0) is 38.5 Å². The minimum Gasteiger partial charge on any atom is -0.357 e. The maximum absolute atomic E-state index is 4.75. The largest absolute Gasteiger partial charge is 0.357 e. The van der Waals surface area contributed by atoms with Gasteiger partial charge < -0.3 is 10.6 Å². The fraction of sp³-hybridized carbons (Fsp3) is 0.650. The van der Waals surface area contributed by atoms with Crippen LogP contribution in [0.2, 0.25) is 0 Å². The lowest BCUT2D eigenvalue weighted by atomic mass is 9.97. The summed E-state index contributed by atoms with van der Waals surface area (Å²) in [7, 11) is 0. The van der Waals surface area contributed by atoms with Gasteiger partial charge in [0.25, 0.3) is 0 Å². The van der Waals surface area contributed by atoms with Crippen molar-refractivity contribution in [3.8, 4) is 0 Å². The summed E-state index contributed by atoms with van der Waals surface area (Å²) in [5.74, 6) is 0.970. The Morgan fingerprint density at radius 3 is 2.69 bits per heavy atom. The second kappa shape index (κ2) is 12.8. The number of hydrogen-bond acceptors (Lipinski definition) is 3. The highest BCUT2D eigenvalue weighted by molar-refractivity contribution is 14.0. The molecular formula is C20H35IN4S. The van der Waals surface area contributed by atoms with E-state index in [1.54, 1.807) is 0 Å². The second-order valence-corrected chi connectivity index (χ2v) is 8.21. The molecule has 26 heavy (non-hydrogen) atoms. The van der Waals surface area contributed by atoms with E-state index < -0.39 is 0 Å². The van der Waals surface area contributed by atoms with Crippen molar-refractivity contribution in [1.82, 2.24) is 15.5 Å². The number of aliphatic imine (C=N–C) groups is 1. The number of hydrogen-bond donors (Lipinski definition) is 2. The third-order valence-electron chi connectivity index (χ3n) is 4.84. The van der Waals surface area contributed by atoms with Crippen molar-refractivity contribution in [3.63, 3.8) is 0 Å². The zero-order chi connectivity index (χ0) is 18.1. The molecule has 1 fully saturated rings. The van der Waals surface area contributed by atoms with Gasteiger partial charge in [-0.3, -0.25) is 9.89 Å². The van der Waals surface area contributed by atoms with Crippen molar-refractivity contribution < 1.29 is 0 Å². The van der Waals surface area contributed by atoms with Crippen LogP contribution in [0.15, 0.2) is 35.3 Å². The number of thioether (sulfide) groups is 1. The van der Waals surface area contributed by atoms with Crippen LogP contribution in [0, 0.1) is 0 Å². The number of rotatable bonds is 7. The van der Waals surface area contributed by atoms with Crippen LogP contribution in [-0.2, 0) is 6.54 Å². The molecule has 3 unspecified atom stereocenters. The van der Waals surface area contributed by atoms with E-state index in [1.165, 1.54) is 12.0 Å². The molecule has 0 saturated carbocycles. The first-order chi connectivity index (χ1) is 12.1. The number of piperidine rings is 1. The summed E-state index contributed by atoms with van der Waals surface area (Å²) in [5, 5.41) is 7.60. The van der Waals surface area contributed by atoms with E-state index in [2.05, 4.69) is 72.9 Å². The Morgan fingerprint density at radius 2 is 2.08 bits per heavy atom. The summed E-state index contributed by atoms with van der Waals surface area (Å²) in [6.45, 7) is 10.6. The van der Waals surface area contributed by atoms with Gasteiger partial charge in [0.15, 0.2) is 5.96 Å². The lowest BCUT2D eigenvalue weighted by Gasteiger charge is -2.38. The Balaban J connectivity index is 0.00000338. The lowest BCUT2D eigenvalue weighted by molar-refractivity contribution is 0.134. The quantitative estimate of drug-likeness (QED) is 0.345. The van der Waals surface area contributed by atoms with Gasteiger partial charge >= 0.3 is 0 Å². The van der Waals surface area contributed by atoms with Crippen LogP contribution in [0.25, 0.3) is 0 Å². The van der Waals surface area contributed by atoms with Crippen LogP contribution < -0.4 is 10.6 Å². The van der Waals surface area contributed by atoms with Gasteiger partial charge in [-0.15, -0.1) is 24.0 Å². The molecule has 1 aromatic carbocycles. The van der Waals surface area contributed by atoms with E-state index in [1.807, 2.05) is 11.8 Å². The molecule has 1 aromatic rings. The first-order valence-corrected chi connectivity index (χ1v) is 10.8. The zero-order valence-electron chi connectivity index (χ0n) is 16.6. The molecule has 0 aromatic heterocycles. The van der Waals surface area contributed by atoms with Crippen LogP contribution in [0.5, 0.6) is 0 Å². The first-order valence-electron chi connectivity index (χ1n) is 9.48. The molecule has 2 rings (SSSR count). The minimum absolute atomic E-state index is 0. The molecule has 0 radical (unpaired) electrons. The molecule has 0 bridgehead atoms. The average Bonchev–Trinajstić information content (AvgIpc) is 2.62. The molecule has 0 aliphatic carbocycles. The Bertz CT molecular complexity index is 526. The molecule has 1 heterocycles. The molecule has 3 atom stereocenters. The van der Waals surface area contributed by atoms with E-state index in [9.17, 15) is 0 Å². The van der Waals surface area contributed by atoms with Crippen molar-refractivity contribution in [2.45, 2.75) is 57.5 Å². The highest BCUT2D eigenvalue weighted by Crippen LogP contribution is 2.20. The second-order valence-electron chi connectivity index (χ2n) is 6.94. The van der Waals surface area contributed by atoms with E-state index in [0.29, 0.717) is 17.3 Å². The number of likely N-dealkylation sites (tertiary alicyclic amines) is 1. The van der Waals surface area contributed by atoms with Gasteiger partial charge in [0.1, 0.15) is 0 Å². The van der Waals surface area contributed by atoms with E-state index in [4.69, 9.17) is 4.99 Å². The van der Waals surface area contributed by atoms with Gasteiger partial charge in [0.2, 0.25) is 0 Å². The number of nitrogens with zero attached hydrogens (tertiary/aromatic N) is 2. The van der Waals surface area contributed by atoms with Crippen LogP contribution >= 0.6 is 35.7 Å². The molecule has 2 N–H and O–H groups in total. The standard InChI is InChI=1S/C20H34N4S.HI/c1-5-21-20(22-14-17(3)25-4)23-19-11-12-24(16(2)13-19)15-18-9-7-6-8-10-18;/h6-10,16-17,19H,5,11-15H2,1-4H3,(H2,21,22,23);1H. The Labute approximate surface area is 181 Å².